The summed E-state index contributed by atoms with van der Waals surface area (Å²) in [4.78, 5) is 0. The summed E-state index contributed by atoms with van der Waals surface area (Å²) in [6.07, 6.45) is 0. The molecular formula is C16H13Cl2N3. The van der Waals surface area contributed by atoms with Gasteiger partial charge in [0.05, 0.1) is 15.7 Å². The van der Waals surface area contributed by atoms with Crippen LogP contribution in [0.15, 0.2) is 48.5 Å². The minimum Gasteiger partial charge on any atom is -0.383 e. The summed E-state index contributed by atoms with van der Waals surface area (Å²) in [5.74, 6) is 0.576. The summed E-state index contributed by atoms with van der Waals surface area (Å²) in [7, 11) is 0. The Morgan fingerprint density at radius 3 is 2.19 bits per heavy atom. The number of hydrogen-bond acceptors (Lipinski definition) is 2. The predicted molar refractivity (Wildman–Crippen MR) is 88.2 cm³/mol. The van der Waals surface area contributed by atoms with Crippen molar-refractivity contribution in [1.29, 1.82) is 0 Å². The summed E-state index contributed by atoms with van der Waals surface area (Å²) in [6.45, 7) is 1.91. The van der Waals surface area contributed by atoms with E-state index in [-0.39, 0.29) is 0 Å². The standard InChI is InChI=1S/C16H13Cl2N3/c1-10-15(14-12(17)8-5-9-13(14)18)20-21(16(10)19)11-6-3-2-4-7-11/h2-9H,19H2,1H3. The summed E-state index contributed by atoms with van der Waals surface area (Å²) < 4.78 is 1.70. The number of rotatable bonds is 2. The van der Waals surface area contributed by atoms with E-state index in [0.29, 0.717) is 27.1 Å². The number of nitrogens with two attached hydrogens (primary N) is 1. The van der Waals surface area contributed by atoms with Gasteiger partial charge in [-0.15, -0.1) is 0 Å². The highest BCUT2D eigenvalue weighted by atomic mass is 35.5. The van der Waals surface area contributed by atoms with Gasteiger partial charge in [0.2, 0.25) is 0 Å². The molecule has 0 aliphatic heterocycles. The molecule has 0 radical (unpaired) electrons. The average Bonchev–Trinajstić information content (AvgIpc) is 2.77. The van der Waals surface area contributed by atoms with Crippen LogP contribution in [0.5, 0.6) is 0 Å². The predicted octanol–water partition coefficient (Wildman–Crippen LogP) is 4.74. The van der Waals surface area contributed by atoms with Gasteiger partial charge in [0.1, 0.15) is 11.5 Å². The Morgan fingerprint density at radius 2 is 1.57 bits per heavy atom. The van der Waals surface area contributed by atoms with E-state index >= 15 is 0 Å². The van der Waals surface area contributed by atoms with Gasteiger partial charge in [0.25, 0.3) is 0 Å². The molecule has 2 aromatic carbocycles. The Hall–Kier alpha value is -1.97. The van der Waals surface area contributed by atoms with Crippen LogP contribution in [-0.4, -0.2) is 9.78 Å². The second-order valence-corrected chi connectivity index (χ2v) is 5.52. The highest BCUT2D eigenvalue weighted by Gasteiger charge is 2.18. The number of anilines is 1. The lowest BCUT2D eigenvalue weighted by molar-refractivity contribution is 0.895. The summed E-state index contributed by atoms with van der Waals surface area (Å²) in [5, 5.41) is 5.71. The molecule has 0 aliphatic rings. The van der Waals surface area contributed by atoms with E-state index in [1.54, 1.807) is 22.9 Å². The maximum absolute atomic E-state index is 6.27. The molecule has 0 unspecified atom stereocenters. The van der Waals surface area contributed by atoms with Crippen LogP contribution in [-0.2, 0) is 0 Å². The van der Waals surface area contributed by atoms with Gasteiger partial charge in [-0.2, -0.15) is 5.10 Å². The number of benzene rings is 2. The number of hydrogen-bond donors (Lipinski definition) is 1. The third-order valence-electron chi connectivity index (χ3n) is 3.37. The van der Waals surface area contributed by atoms with Gasteiger partial charge in [-0.3, -0.25) is 0 Å². The molecule has 0 saturated carbocycles. The van der Waals surface area contributed by atoms with Gasteiger partial charge in [0.15, 0.2) is 0 Å². The number of nitrogens with zero attached hydrogens (tertiary/aromatic N) is 2. The largest absolute Gasteiger partial charge is 0.383 e. The number of aromatic nitrogens is 2. The van der Waals surface area contributed by atoms with E-state index in [1.807, 2.05) is 37.3 Å². The van der Waals surface area contributed by atoms with Crippen molar-refractivity contribution in [3.63, 3.8) is 0 Å². The second kappa shape index (κ2) is 5.43. The van der Waals surface area contributed by atoms with Crippen LogP contribution in [0.4, 0.5) is 5.82 Å². The van der Waals surface area contributed by atoms with Crippen LogP contribution in [0.3, 0.4) is 0 Å². The van der Waals surface area contributed by atoms with E-state index in [9.17, 15) is 0 Å². The molecule has 0 saturated heterocycles. The minimum absolute atomic E-state index is 0.559. The molecule has 106 valence electrons. The van der Waals surface area contributed by atoms with Crippen molar-refractivity contribution in [3.8, 4) is 16.9 Å². The van der Waals surface area contributed by atoms with Gasteiger partial charge in [0, 0.05) is 11.1 Å². The molecule has 21 heavy (non-hydrogen) atoms. The molecule has 5 heteroatoms. The summed E-state index contributed by atoms with van der Waals surface area (Å²) in [6, 6.07) is 15.1. The zero-order chi connectivity index (χ0) is 15.0. The summed E-state index contributed by atoms with van der Waals surface area (Å²) in [5.41, 5.74) is 9.35. The SMILES string of the molecule is Cc1c(-c2c(Cl)cccc2Cl)nn(-c2ccccc2)c1N. The number of nitrogen functional groups attached to an aromatic ring is 1. The first-order valence-electron chi connectivity index (χ1n) is 6.44. The van der Waals surface area contributed by atoms with Gasteiger partial charge in [-0.25, -0.2) is 4.68 Å². The normalized spacial score (nSPS) is 10.8. The molecule has 0 aliphatic carbocycles. The lowest BCUT2D eigenvalue weighted by atomic mass is 10.1. The van der Waals surface area contributed by atoms with Crippen molar-refractivity contribution < 1.29 is 0 Å². The quantitative estimate of drug-likeness (QED) is 0.742. The molecule has 0 bridgehead atoms. The fourth-order valence-electron chi connectivity index (χ4n) is 2.24. The van der Waals surface area contributed by atoms with Crippen LogP contribution in [0, 0.1) is 6.92 Å². The lowest BCUT2D eigenvalue weighted by Crippen LogP contribution is -2.01. The third kappa shape index (κ3) is 2.39. The molecule has 0 amide bonds. The topological polar surface area (TPSA) is 43.8 Å². The lowest BCUT2D eigenvalue weighted by Gasteiger charge is -2.04. The zero-order valence-corrected chi connectivity index (χ0v) is 12.9. The zero-order valence-electron chi connectivity index (χ0n) is 11.3. The van der Waals surface area contributed by atoms with Gasteiger partial charge < -0.3 is 5.73 Å². The first kappa shape index (κ1) is 14.0. The molecule has 2 N–H and O–H groups in total. The van der Waals surface area contributed by atoms with E-state index in [1.165, 1.54) is 0 Å². The Kier molecular flexibility index (Phi) is 3.62. The van der Waals surface area contributed by atoms with Gasteiger partial charge in [-0.1, -0.05) is 47.5 Å². The van der Waals surface area contributed by atoms with Crippen LogP contribution < -0.4 is 5.73 Å². The molecule has 0 atom stereocenters. The maximum atomic E-state index is 6.27. The molecule has 1 heterocycles. The number of para-hydroxylation sites is 1. The summed E-state index contributed by atoms with van der Waals surface area (Å²) >= 11 is 12.5. The maximum Gasteiger partial charge on any atom is 0.130 e. The van der Waals surface area contributed by atoms with Crippen molar-refractivity contribution in [3.05, 3.63) is 64.1 Å². The van der Waals surface area contributed by atoms with Crippen molar-refractivity contribution in [1.82, 2.24) is 9.78 Å². The third-order valence-corrected chi connectivity index (χ3v) is 4.00. The molecule has 0 fully saturated rings. The molecule has 3 aromatic rings. The van der Waals surface area contributed by atoms with E-state index in [2.05, 4.69) is 5.10 Å². The average molecular weight is 318 g/mol. The minimum atomic E-state index is 0.559. The Bertz CT molecular complexity index is 775. The van der Waals surface area contributed by atoms with Crippen LogP contribution in [0.2, 0.25) is 10.0 Å². The van der Waals surface area contributed by atoms with Crippen LogP contribution in [0.1, 0.15) is 5.56 Å². The molecule has 3 rings (SSSR count). The first-order valence-corrected chi connectivity index (χ1v) is 7.20. The monoisotopic (exact) mass is 317 g/mol. The second-order valence-electron chi connectivity index (χ2n) is 4.70. The van der Waals surface area contributed by atoms with E-state index in [4.69, 9.17) is 28.9 Å². The van der Waals surface area contributed by atoms with E-state index in [0.717, 1.165) is 11.3 Å². The fourth-order valence-corrected chi connectivity index (χ4v) is 2.81. The smallest absolute Gasteiger partial charge is 0.130 e. The Morgan fingerprint density at radius 1 is 0.952 bits per heavy atom. The highest BCUT2D eigenvalue weighted by Crippen LogP contribution is 2.37. The van der Waals surface area contributed by atoms with Crippen molar-refractivity contribution in [2.24, 2.45) is 0 Å². The number of halogens is 2. The van der Waals surface area contributed by atoms with Gasteiger partial charge in [-0.05, 0) is 31.2 Å². The van der Waals surface area contributed by atoms with Crippen LogP contribution >= 0.6 is 23.2 Å². The Balaban J connectivity index is 2.23. The fraction of sp³-hybridized carbons (Fsp3) is 0.0625. The molecule has 1 aromatic heterocycles. The Labute approximate surface area is 132 Å². The highest BCUT2D eigenvalue weighted by molar-refractivity contribution is 6.39. The van der Waals surface area contributed by atoms with Crippen molar-refractivity contribution >= 4 is 29.0 Å². The van der Waals surface area contributed by atoms with Crippen molar-refractivity contribution in [2.75, 3.05) is 5.73 Å². The van der Waals surface area contributed by atoms with E-state index < -0.39 is 0 Å². The van der Waals surface area contributed by atoms with Crippen LogP contribution in [0.25, 0.3) is 16.9 Å². The van der Waals surface area contributed by atoms with Crippen molar-refractivity contribution in [2.45, 2.75) is 6.92 Å². The molecule has 0 spiro atoms. The molecular weight excluding hydrogens is 305 g/mol. The first-order chi connectivity index (χ1) is 10.1. The van der Waals surface area contributed by atoms with Gasteiger partial charge >= 0.3 is 0 Å². The molecule has 3 nitrogen and oxygen atoms in total.